The lowest BCUT2D eigenvalue weighted by atomic mass is 10.1. The lowest BCUT2D eigenvalue weighted by Crippen LogP contribution is -1.92. The molecule has 4 heteroatoms. The minimum Gasteiger partial charge on any atom is -0.494 e. The number of nitrogens with zero attached hydrogens (tertiary/aromatic N) is 2. The van der Waals surface area contributed by atoms with Crippen molar-refractivity contribution in [3.63, 3.8) is 0 Å². The second-order valence-corrected chi connectivity index (χ2v) is 3.58. The van der Waals surface area contributed by atoms with Crippen molar-refractivity contribution >= 4 is 22.5 Å². The molecule has 16 heavy (non-hydrogen) atoms. The van der Waals surface area contributed by atoms with Gasteiger partial charge in [-0.1, -0.05) is 11.6 Å². The van der Waals surface area contributed by atoms with E-state index in [1.807, 2.05) is 31.2 Å². The molecule has 0 unspecified atom stereocenters. The molecule has 0 amide bonds. The second kappa shape index (κ2) is 4.38. The van der Waals surface area contributed by atoms with Crippen molar-refractivity contribution in [1.82, 2.24) is 4.98 Å². The van der Waals surface area contributed by atoms with Crippen molar-refractivity contribution in [3.05, 3.63) is 35.0 Å². The summed E-state index contributed by atoms with van der Waals surface area (Å²) in [6, 6.07) is 9.25. The summed E-state index contributed by atoms with van der Waals surface area (Å²) in [6.07, 6.45) is 0. The fraction of sp³-hybridized carbons (Fsp3) is 0.167. The minimum atomic E-state index is 0.226. The van der Waals surface area contributed by atoms with Gasteiger partial charge in [-0.25, -0.2) is 4.98 Å². The molecule has 0 atom stereocenters. The Balaban J connectivity index is 2.59. The van der Waals surface area contributed by atoms with Crippen LogP contribution in [0.3, 0.4) is 0 Å². The van der Waals surface area contributed by atoms with Crippen LogP contribution in [0.1, 0.15) is 12.5 Å². The number of nitriles is 1. The van der Waals surface area contributed by atoms with Gasteiger partial charge in [-0.05, 0) is 25.1 Å². The van der Waals surface area contributed by atoms with Crippen LogP contribution in [-0.4, -0.2) is 11.6 Å². The van der Waals surface area contributed by atoms with Gasteiger partial charge in [-0.2, -0.15) is 5.26 Å². The number of ether oxygens (including phenoxy) is 1. The molecular weight excluding hydrogens is 224 g/mol. The van der Waals surface area contributed by atoms with E-state index in [2.05, 4.69) is 4.98 Å². The van der Waals surface area contributed by atoms with Crippen molar-refractivity contribution in [2.75, 3.05) is 6.61 Å². The van der Waals surface area contributed by atoms with Crippen LogP contribution in [0.5, 0.6) is 5.75 Å². The van der Waals surface area contributed by atoms with Crippen LogP contribution < -0.4 is 4.74 Å². The molecule has 0 spiro atoms. The lowest BCUT2D eigenvalue weighted by Gasteiger charge is -2.04. The number of pyridine rings is 1. The second-order valence-electron chi connectivity index (χ2n) is 3.23. The van der Waals surface area contributed by atoms with Gasteiger partial charge in [0.15, 0.2) is 0 Å². The van der Waals surface area contributed by atoms with E-state index in [4.69, 9.17) is 21.6 Å². The molecule has 2 aromatic rings. The molecule has 0 radical (unpaired) electrons. The largest absolute Gasteiger partial charge is 0.494 e. The Morgan fingerprint density at radius 2 is 2.25 bits per heavy atom. The molecule has 0 saturated carbocycles. The van der Waals surface area contributed by atoms with Gasteiger partial charge in [0, 0.05) is 11.5 Å². The summed E-state index contributed by atoms with van der Waals surface area (Å²) in [5.41, 5.74) is 1.12. The number of fused-ring (bicyclic) bond motifs is 1. The zero-order valence-corrected chi connectivity index (χ0v) is 9.45. The molecule has 1 aromatic heterocycles. The highest BCUT2D eigenvalue weighted by molar-refractivity contribution is 6.31. The van der Waals surface area contributed by atoms with E-state index in [1.165, 1.54) is 0 Å². The fourth-order valence-electron chi connectivity index (χ4n) is 1.46. The lowest BCUT2D eigenvalue weighted by molar-refractivity contribution is 0.340. The standard InChI is InChI=1S/C12H9ClN2O/c1-2-16-10-4-3-8-5-9(7-14)12(13)15-11(8)6-10/h3-6H,2H2,1H3. The van der Waals surface area contributed by atoms with E-state index in [-0.39, 0.29) is 5.15 Å². The molecule has 80 valence electrons. The predicted octanol–water partition coefficient (Wildman–Crippen LogP) is 3.16. The quantitative estimate of drug-likeness (QED) is 0.748. The molecule has 3 nitrogen and oxygen atoms in total. The van der Waals surface area contributed by atoms with Gasteiger partial charge in [-0.3, -0.25) is 0 Å². The highest BCUT2D eigenvalue weighted by Gasteiger charge is 2.05. The van der Waals surface area contributed by atoms with Crippen LogP contribution in [0.4, 0.5) is 0 Å². The summed E-state index contributed by atoms with van der Waals surface area (Å²) >= 11 is 5.86. The predicted molar refractivity (Wildman–Crippen MR) is 62.6 cm³/mol. The molecular formula is C12H9ClN2O. The maximum atomic E-state index is 8.82. The third-order valence-corrected chi connectivity index (χ3v) is 2.46. The Labute approximate surface area is 98.2 Å². The molecule has 0 saturated heterocycles. The third-order valence-electron chi connectivity index (χ3n) is 2.17. The first-order valence-corrected chi connectivity index (χ1v) is 5.25. The van der Waals surface area contributed by atoms with Gasteiger partial charge in [-0.15, -0.1) is 0 Å². The topological polar surface area (TPSA) is 45.9 Å². The highest BCUT2D eigenvalue weighted by atomic mass is 35.5. The van der Waals surface area contributed by atoms with Crippen LogP contribution in [0.15, 0.2) is 24.3 Å². The monoisotopic (exact) mass is 232 g/mol. The number of hydrogen-bond acceptors (Lipinski definition) is 3. The van der Waals surface area contributed by atoms with Gasteiger partial charge in [0.1, 0.15) is 17.0 Å². The normalized spacial score (nSPS) is 10.1. The van der Waals surface area contributed by atoms with Gasteiger partial charge in [0.2, 0.25) is 0 Å². The molecule has 0 aliphatic carbocycles. The first-order chi connectivity index (χ1) is 7.74. The average molecular weight is 233 g/mol. The average Bonchev–Trinajstić information content (AvgIpc) is 2.28. The van der Waals surface area contributed by atoms with Crippen molar-refractivity contribution < 1.29 is 4.74 Å². The van der Waals surface area contributed by atoms with E-state index in [0.29, 0.717) is 12.2 Å². The van der Waals surface area contributed by atoms with Gasteiger partial charge < -0.3 is 4.74 Å². The first kappa shape index (κ1) is 10.7. The highest BCUT2D eigenvalue weighted by Crippen LogP contribution is 2.23. The Morgan fingerprint density at radius 1 is 1.44 bits per heavy atom. The summed E-state index contributed by atoms with van der Waals surface area (Å²) in [5.74, 6) is 0.753. The van der Waals surface area contributed by atoms with Crippen LogP contribution in [0.25, 0.3) is 10.9 Å². The Hall–Kier alpha value is -1.79. The minimum absolute atomic E-state index is 0.226. The third kappa shape index (κ3) is 1.93. The SMILES string of the molecule is CCOc1ccc2cc(C#N)c(Cl)nc2c1. The number of hydrogen-bond donors (Lipinski definition) is 0. The van der Waals surface area contributed by atoms with E-state index in [9.17, 15) is 0 Å². The molecule has 1 aromatic carbocycles. The zero-order chi connectivity index (χ0) is 11.5. The summed E-state index contributed by atoms with van der Waals surface area (Å²) in [7, 11) is 0. The van der Waals surface area contributed by atoms with Gasteiger partial charge in [0.05, 0.1) is 17.7 Å². The number of benzene rings is 1. The number of halogens is 1. The Kier molecular flexibility index (Phi) is 2.93. The van der Waals surface area contributed by atoms with Crippen LogP contribution >= 0.6 is 11.6 Å². The van der Waals surface area contributed by atoms with Crippen molar-refractivity contribution in [1.29, 1.82) is 5.26 Å². The maximum absolute atomic E-state index is 8.82. The summed E-state index contributed by atoms with van der Waals surface area (Å²) in [4.78, 5) is 4.15. The molecule has 0 N–H and O–H groups in total. The van der Waals surface area contributed by atoms with Gasteiger partial charge in [0.25, 0.3) is 0 Å². The van der Waals surface area contributed by atoms with E-state index < -0.39 is 0 Å². The molecule has 2 rings (SSSR count). The summed E-state index contributed by atoms with van der Waals surface area (Å²) in [6.45, 7) is 2.53. The fourth-order valence-corrected chi connectivity index (χ4v) is 1.65. The van der Waals surface area contributed by atoms with Crippen molar-refractivity contribution in [2.24, 2.45) is 0 Å². The smallest absolute Gasteiger partial charge is 0.147 e. The summed E-state index contributed by atoms with van der Waals surface area (Å²) < 4.78 is 5.36. The molecule has 0 fully saturated rings. The number of aromatic nitrogens is 1. The molecule has 0 bridgehead atoms. The molecule has 0 aliphatic rings. The molecule has 1 heterocycles. The van der Waals surface area contributed by atoms with Crippen LogP contribution in [0.2, 0.25) is 5.15 Å². The number of rotatable bonds is 2. The van der Waals surface area contributed by atoms with Crippen LogP contribution in [-0.2, 0) is 0 Å². The van der Waals surface area contributed by atoms with Crippen molar-refractivity contribution in [2.45, 2.75) is 6.92 Å². The van der Waals surface area contributed by atoms with Gasteiger partial charge >= 0.3 is 0 Å². The summed E-state index contributed by atoms with van der Waals surface area (Å²) in [5, 5.41) is 9.92. The molecule has 0 aliphatic heterocycles. The van der Waals surface area contributed by atoms with E-state index >= 15 is 0 Å². The van der Waals surface area contributed by atoms with Crippen molar-refractivity contribution in [3.8, 4) is 11.8 Å². The first-order valence-electron chi connectivity index (χ1n) is 4.88. The van der Waals surface area contributed by atoms with E-state index in [0.717, 1.165) is 16.7 Å². The maximum Gasteiger partial charge on any atom is 0.147 e. The zero-order valence-electron chi connectivity index (χ0n) is 8.70. The Morgan fingerprint density at radius 3 is 2.94 bits per heavy atom. The Bertz CT molecular complexity index is 575. The van der Waals surface area contributed by atoms with Crippen LogP contribution in [0, 0.1) is 11.3 Å². The van der Waals surface area contributed by atoms with E-state index in [1.54, 1.807) is 6.07 Å².